The Kier molecular flexibility index (Phi) is 17.3. The number of aliphatic hydroxyl groups is 2. The van der Waals surface area contributed by atoms with Crippen molar-refractivity contribution in [2.75, 3.05) is 5.33 Å². The molecule has 2 heterocycles. The van der Waals surface area contributed by atoms with Gasteiger partial charge in [-0.05, 0) is 226 Å². The monoisotopic (exact) mass is 1020 g/mol. The SMILES string of the molecule is C.C.CC(C)Oc1cn[nH]c1.CC(C)Oc1cnn(CC(=O)[C@H]2CC[C@H]3[C@@H]4CC[C@@H]5C[C@](C)(O)CC[C@]5(C)[C@H]4CC[C@]23C)c1.C[C@@]1(O)CC[C@@]2(C)[C@H](CC[C@@H]3[C@@H]2CC[C@]2(C)[C@@H](C(=O)CBr)CC[C@@H]32)C1. The van der Waals surface area contributed by atoms with Crippen molar-refractivity contribution in [1.29, 1.82) is 0 Å². The summed E-state index contributed by atoms with van der Waals surface area (Å²) in [5.74, 6) is 8.70. The van der Waals surface area contributed by atoms with Crippen LogP contribution in [0.15, 0.2) is 24.8 Å². The fraction of sp³-hybridized carbons (Fsp3) is 0.862. The highest BCUT2D eigenvalue weighted by atomic mass is 79.9. The van der Waals surface area contributed by atoms with E-state index in [1.807, 2.05) is 47.7 Å². The quantitative estimate of drug-likeness (QED) is 0.211. The van der Waals surface area contributed by atoms with Gasteiger partial charge in [-0.25, -0.2) is 0 Å². The predicted octanol–water partition coefficient (Wildman–Crippen LogP) is 13.5. The molecule has 0 saturated heterocycles. The molecule has 69 heavy (non-hydrogen) atoms. The fourth-order valence-corrected chi connectivity index (χ4v) is 18.0. The van der Waals surface area contributed by atoms with Gasteiger partial charge >= 0.3 is 0 Å². The van der Waals surface area contributed by atoms with Gasteiger partial charge in [0.05, 0.1) is 60.1 Å². The number of carbonyl (C=O) groups is 2. The van der Waals surface area contributed by atoms with Crippen molar-refractivity contribution in [1.82, 2.24) is 20.0 Å². The first kappa shape index (κ1) is 56.1. The summed E-state index contributed by atoms with van der Waals surface area (Å²) >= 11 is 3.43. The molecule has 8 aliphatic rings. The summed E-state index contributed by atoms with van der Waals surface area (Å²) in [4.78, 5) is 26.0. The maximum absolute atomic E-state index is 13.5. The number of hydrogen-bond donors (Lipinski definition) is 3. The van der Waals surface area contributed by atoms with Crippen molar-refractivity contribution in [2.24, 2.45) is 80.8 Å². The first-order chi connectivity index (χ1) is 31.5. The van der Waals surface area contributed by atoms with E-state index in [4.69, 9.17) is 9.47 Å². The number of ether oxygens (including phenoxy) is 2. The minimum Gasteiger partial charge on any atom is -0.488 e. The number of carbonyl (C=O) groups excluding carboxylic acids is 2. The zero-order valence-electron chi connectivity index (χ0n) is 43.1. The van der Waals surface area contributed by atoms with Crippen LogP contribution in [-0.4, -0.2) is 70.5 Å². The standard InChI is InChI=1S/C28H44N2O3.C22H35BrO2.C6H10N2O.2CH4/c1-18(2)33-20-15-29-30(16-20)17-25(31)24-9-8-22-21-7-6-19-14-26(3,32)12-13-27(19,4)23(21)10-11-28(22,24)5;1-20(25)10-11-21(2)14(12-20)4-5-15-16-6-7-18(19(24)13-23)22(16,3)9-8-17(15)21;1-5(2)9-6-3-7-8-4-6;;/h15-16,18-19,21-24,32H,6-14,17H2,1-5H3;14-18,25H,4-13H2,1-3H3;3-5H,1-2H3,(H,7,8);2*1H4/t19-,21+,22+,23+,24-,26-,27+,28+;14-,15+,16+,17+,18-,20-,21+,22+;;;/m11.../s1. The van der Waals surface area contributed by atoms with Gasteiger partial charge < -0.3 is 19.7 Å². The number of nitrogens with one attached hydrogen (secondary N) is 1. The molecule has 10 nitrogen and oxygen atoms in total. The van der Waals surface area contributed by atoms with Crippen molar-refractivity contribution in [3.8, 4) is 11.5 Å². The third-order valence-corrected chi connectivity index (χ3v) is 21.5. The van der Waals surface area contributed by atoms with Gasteiger partial charge in [-0.15, -0.1) is 0 Å². The van der Waals surface area contributed by atoms with Crippen LogP contribution in [-0.2, 0) is 16.1 Å². The Morgan fingerprint density at radius 2 is 1.10 bits per heavy atom. The lowest BCUT2D eigenvalue weighted by Crippen LogP contribution is -2.55. The Bertz CT molecular complexity index is 2020. The molecule has 16 atom stereocenters. The molecule has 10 rings (SSSR count). The zero-order valence-corrected chi connectivity index (χ0v) is 44.7. The van der Waals surface area contributed by atoms with Crippen molar-refractivity contribution in [3.05, 3.63) is 24.8 Å². The highest BCUT2D eigenvalue weighted by molar-refractivity contribution is 9.09. The average Bonchev–Trinajstić information content (AvgIpc) is 4.07. The zero-order chi connectivity index (χ0) is 48.3. The summed E-state index contributed by atoms with van der Waals surface area (Å²) in [6, 6.07) is 0. The largest absolute Gasteiger partial charge is 0.488 e. The molecule has 11 heteroatoms. The normalized spacial score (nSPS) is 42.7. The molecule has 0 bridgehead atoms. The molecule has 2 aromatic rings. The second kappa shape index (κ2) is 21.3. The van der Waals surface area contributed by atoms with Gasteiger partial charge in [-0.3, -0.25) is 19.4 Å². The van der Waals surface area contributed by atoms with E-state index in [2.05, 4.69) is 58.9 Å². The summed E-state index contributed by atoms with van der Waals surface area (Å²) in [6.07, 6.45) is 28.3. The fourth-order valence-electron chi connectivity index (χ4n) is 17.6. The summed E-state index contributed by atoms with van der Waals surface area (Å²) in [5, 5.41) is 32.6. The molecule has 0 spiro atoms. The summed E-state index contributed by atoms with van der Waals surface area (Å²) in [6.45, 7) is 22.4. The van der Waals surface area contributed by atoms with Crippen molar-refractivity contribution >= 4 is 27.5 Å². The minimum absolute atomic E-state index is 0. The Balaban J connectivity index is 0.000000192. The van der Waals surface area contributed by atoms with Gasteiger partial charge in [0.2, 0.25) is 0 Å². The number of ketones is 2. The highest BCUT2D eigenvalue weighted by Gasteiger charge is 2.63. The molecule has 8 aliphatic carbocycles. The van der Waals surface area contributed by atoms with Crippen molar-refractivity contribution < 1.29 is 29.3 Å². The maximum atomic E-state index is 13.5. The summed E-state index contributed by atoms with van der Waals surface area (Å²) in [5.41, 5.74) is 0.250. The van der Waals surface area contributed by atoms with Gasteiger partial charge in [0.25, 0.3) is 0 Å². The molecule has 0 unspecified atom stereocenters. The third kappa shape index (κ3) is 11.0. The summed E-state index contributed by atoms with van der Waals surface area (Å²) < 4.78 is 12.7. The Labute approximate surface area is 426 Å². The Morgan fingerprint density at radius 1 is 0.638 bits per heavy atom. The van der Waals surface area contributed by atoms with Gasteiger partial charge in [0.1, 0.15) is 5.78 Å². The van der Waals surface area contributed by atoms with E-state index in [1.54, 1.807) is 23.3 Å². The number of nitrogens with zero attached hydrogens (tertiary/aromatic N) is 3. The number of aromatic nitrogens is 4. The molecule has 8 saturated carbocycles. The average molecular weight is 1030 g/mol. The van der Waals surface area contributed by atoms with E-state index in [-0.39, 0.29) is 49.7 Å². The van der Waals surface area contributed by atoms with Crippen LogP contribution < -0.4 is 9.47 Å². The van der Waals surface area contributed by atoms with E-state index >= 15 is 0 Å². The molecule has 3 N–H and O–H groups in total. The van der Waals surface area contributed by atoms with Crippen LogP contribution in [0.25, 0.3) is 0 Å². The first-order valence-electron chi connectivity index (χ1n) is 26.9. The number of Topliss-reactive ketones (excluding diaryl/α,β-unsaturated/α-hetero) is 2. The smallest absolute Gasteiger partial charge is 0.157 e. The third-order valence-electron chi connectivity index (χ3n) is 21.0. The Hall–Kier alpha value is -2.24. The topological polar surface area (TPSA) is 140 Å². The van der Waals surface area contributed by atoms with Crippen molar-refractivity contribution in [2.45, 2.75) is 230 Å². The van der Waals surface area contributed by atoms with Crippen LogP contribution >= 0.6 is 15.9 Å². The molecular formula is C58H97BrN4O6. The van der Waals surface area contributed by atoms with Gasteiger partial charge in [-0.2, -0.15) is 10.2 Å². The van der Waals surface area contributed by atoms with Crippen LogP contribution in [0.1, 0.15) is 200 Å². The molecule has 0 radical (unpaired) electrons. The molecule has 0 aliphatic heterocycles. The van der Waals surface area contributed by atoms with Crippen LogP contribution in [0.2, 0.25) is 0 Å². The van der Waals surface area contributed by atoms with Gasteiger partial charge in [0, 0.05) is 11.8 Å². The molecule has 0 aromatic carbocycles. The van der Waals surface area contributed by atoms with E-state index < -0.39 is 11.2 Å². The van der Waals surface area contributed by atoms with E-state index in [9.17, 15) is 19.8 Å². The molecule has 0 amide bonds. The minimum atomic E-state index is -0.475. The van der Waals surface area contributed by atoms with Crippen LogP contribution in [0, 0.1) is 80.8 Å². The van der Waals surface area contributed by atoms with E-state index in [0.717, 1.165) is 86.0 Å². The summed E-state index contributed by atoms with van der Waals surface area (Å²) in [7, 11) is 0. The Morgan fingerprint density at radius 3 is 1.55 bits per heavy atom. The van der Waals surface area contributed by atoms with Crippen LogP contribution in [0.3, 0.4) is 0 Å². The van der Waals surface area contributed by atoms with E-state index in [0.29, 0.717) is 52.0 Å². The predicted molar refractivity (Wildman–Crippen MR) is 281 cm³/mol. The van der Waals surface area contributed by atoms with Crippen LogP contribution in [0.4, 0.5) is 0 Å². The molecular weight excluding hydrogens is 929 g/mol. The van der Waals surface area contributed by atoms with Crippen molar-refractivity contribution in [3.63, 3.8) is 0 Å². The van der Waals surface area contributed by atoms with Gasteiger partial charge in [0.15, 0.2) is 17.3 Å². The molecule has 8 fully saturated rings. The number of fused-ring (bicyclic) bond motifs is 10. The lowest BCUT2D eigenvalue weighted by molar-refractivity contribution is -0.151. The second-order valence-corrected chi connectivity index (χ2v) is 26.3. The number of hydrogen-bond acceptors (Lipinski definition) is 8. The lowest BCUT2D eigenvalue weighted by Gasteiger charge is -2.61. The van der Waals surface area contributed by atoms with Gasteiger partial charge in [-0.1, -0.05) is 58.5 Å². The molecule has 2 aromatic heterocycles. The lowest BCUT2D eigenvalue weighted by atomic mass is 9.44. The number of rotatable bonds is 9. The number of H-pyrrole nitrogens is 1. The number of halogens is 1. The highest BCUT2D eigenvalue weighted by Crippen LogP contribution is 2.70. The van der Waals surface area contributed by atoms with E-state index in [1.165, 1.54) is 70.6 Å². The second-order valence-electron chi connectivity index (χ2n) is 25.8. The van der Waals surface area contributed by atoms with Crippen LogP contribution in [0.5, 0.6) is 11.5 Å². The maximum Gasteiger partial charge on any atom is 0.157 e. The number of alkyl halides is 1. The first-order valence-corrected chi connectivity index (χ1v) is 28.0. The number of aromatic amines is 1. The molecule has 392 valence electrons.